The van der Waals surface area contributed by atoms with Gasteiger partial charge >= 0.3 is 12.1 Å². The van der Waals surface area contributed by atoms with Crippen LogP contribution in [0.4, 0.5) is 10.5 Å². The van der Waals surface area contributed by atoms with Gasteiger partial charge in [-0.25, -0.2) is 14.8 Å². The van der Waals surface area contributed by atoms with Gasteiger partial charge in [-0.1, -0.05) is 74.0 Å². The largest absolute Gasteiger partial charge is 0.472 e. The van der Waals surface area contributed by atoms with Crippen LogP contribution < -0.4 is 25.7 Å². The fourth-order valence-electron chi connectivity index (χ4n) is 5.23. The second-order valence-electron chi connectivity index (χ2n) is 11.8. The molecule has 0 saturated heterocycles. The number of nitrogens with zero attached hydrogens (tertiary/aromatic N) is 4. The van der Waals surface area contributed by atoms with E-state index in [9.17, 15) is 24.0 Å². The number of hydrogen-bond donors (Lipinski definition) is 2. The third kappa shape index (κ3) is 10.4. The summed E-state index contributed by atoms with van der Waals surface area (Å²) >= 11 is 0. The molecular formula is C39H38N6O8. The van der Waals surface area contributed by atoms with Gasteiger partial charge in [0.1, 0.15) is 42.1 Å². The van der Waals surface area contributed by atoms with Crippen molar-refractivity contribution in [3.8, 4) is 23.0 Å². The molecule has 2 N–H and O–H groups in total. The van der Waals surface area contributed by atoms with E-state index in [0.29, 0.717) is 23.1 Å². The number of unbranched alkanes of at least 4 members (excludes halogenated alkanes) is 1. The number of ether oxygens (including phenoxy) is 3. The molecule has 2 amide bonds. The lowest BCUT2D eigenvalue weighted by Crippen LogP contribution is -2.40. The molecule has 0 aliphatic heterocycles. The maximum atomic E-state index is 13.7. The molecule has 5 rings (SSSR count). The van der Waals surface area contributed by atoms with Crippen LogP contribution in [0.3, 0.4) is 0 Å². The monoisotopic (exact) mass is 718 g/mol. The number of nitrogens with one attached hydrogen (secondary N) is 2. The van der Waals surface area contributed by atoms with E-state index < -0.39 is 42.0 Å². The first-order valence-electron chi connectivity index (χ1n) is 16.9. The predicted molar refractivity (Wildman–Crippen MR) is 194 cm³/mol. The van der Waals surface area contributed by atoms with Crippen LogP contribution in [-0.4, -0.2) is 55.9 Å². The fraction of sp³-hybridized carbons (Fsp3) is 0.231. The van der Waals surface area contributed by atoms with Gasteiger partial charge < -0.3 is 19.5 Å². The summed E-state index contributed by atoms with van der Waals surface area (Å²) in [6.45, 7) is 2.71. The van der Waals surface area contributed by atoms with Gasteiger partial charge in [0.2, 0.25) is 17.6 Å². The van der Waals surface area contributed by atoms with Crippen LogP contribution in [0, 0.1) is 0 Å². The third-order valence-electron chi connectivity index (χ3n) is 7.82. The molecule has 14 nitrogen and oxygen atoms in total. The number of anilines is 1. The van der Waals surface area contributed by atoms with Gasteiger partial charge in [0.15, 0.2) is 0 Å². The zero-order valence-electron chi connectivity index (χ0n) is 29.2. The predicted octanol–water partition coefficient (Wildman–Crippen LogP) is 5.36. The molecule has 0 saturated carbocycles. The number of pyridine rings is 2. The molecule has 0 aliphatic rings. The lowest BCUT2D eigenvalue weighted by molar-refractivity contribution is -0.132. The number of amides is 2. The van der Waals surface area contributed by atoms with Gasteiger partial charge in [0.05, 0.1) is 12.7 Å². The van der Waals surface area contributed by atoms with Crippen LogP contribution in [0.25, 0.3) is 11.4 Å². The summed E-state index contributed by atoms with van der Waals surface area (Å²) in [5, 5.41) is 5.25. The van der Waals surface area contributed by atoms with Crippen molar-refractivity contribution < 1.29 is 33.4 Å². The van der Waals surface area contributed by atoms with E-state index >= 15 is 0 Å². The number of aromatic nitrogens is 4. The zero-order valence-corrected chi connectivity index (χ0v) is 29.2. The summed E-state index contributed by atoms with van der Waals surface area (Å²) < 4.78 is 18.0. The third-order valence-corrected chi connectivity index (χ3v) is 7.82. The topological polar surface area (TPSA) is 181 Å². The number of esters is 1. The molecule has 1 unspecified atom stereocenters. The number of rotatable bonds is 16. The highest BCUT2D eigenvalue weighted by atomic mass is 16.5. The average molecular weight is 719 g/mol. The van der Waals surface area contributed by atoms with Gasteiger partial charge in [-0.2, -0.15) is 0 Å². The molecule has 0 radical (unpaired) electrons. The number of hydrogen-bond acceptors (Lipinski definition) is 11. The van der Waals surface area contributed by atoms with E-state index in [2.05, 4.69) is 25.6 Å². The standard InChI is InChI=1S/C39H38N6O8/c1-3-4-15-30(53-37-34(32(18-21-41-37)52-26(2)46)35(48)28-11-7-5-8-12-28)22-42-33(47)24-45-36(29-13-9-6-10-14-29)43-23-31(38(45)49)44-39(50)51-25-27-16-19-40-20-17-27/h5-14,16-21,23,30H,3-4,15,22,24-25H2,1-2H3,(H,42,47)(H,44,50). The minimum atomic E-state index is -0.878. The summed E-state index contributed by atoms with van der Waals surface area (Å²) in [6.07, 6.45) is 6.19. The van der Waals surface area contributed by atoms with Crippen molar-refractivity contribution in [1.82, 2.24) is 24.8 Å². The van der Waals surface area contributed by atoms with Crippen molar-refractivity contribution in [3.05, 3.63) is 131 Å². The lowest BCUT2D eigenvalue weighted by atomic mass is 10.0. The van der Waals surface area contributed by atoms with Crippen molar-refractivity contribution in [2.75, 3.05) is 11.9 Å². The Morgan fingerprint density at radius 1 is 0.887 bits per heavy atom. The molecule has 0 fully saturated rings. The minimum Gasteiger partial charge on any atom is -0.472 e. The van der Waals surface area contributed by atoms with Crippen molar-refractivity contribution in [3.63, 3.8) is 0 Å². The molecule has 0 aliphatic carbocycles. The van der Waals surface area contributed by atoms with E-state index in [1.807, 2.05) is 6.92 Å². The smallest absolute Gasteiger partial charge is 0.412 e. The highest BCUT2D eigenvalue weighted by Crippen LogP contribution is 2.30. The van der Waals surface area contributed by atoms with E-state index in [1.54, 1.807) is 85.2 Å². The van der Waals surface area contributed by atoms with Gasteiger partial charge in [0, 0.05) is 42.7 Å². The van der Waals surface area contributed by atoms with Crippen LogP contribution in [0.2, 0.25) is 0 Å². The summed E-state index contributed by atoms with van der Waals surface area (Å²) in [5.74, 6) is -1.50. The van der Waals surface area contributed by atoms with Crippen molar-refractivity contribution in [1.29, 1.82) is 0 Å². The number of benzene rings is 2. The fourth-order valence-corrected chi connectivity index (χ4v) is 5.23. The van der Waals surface area contributed by atoms with E-state index in [1.165, 1.54) is 25.4 Å². The molecule has 3 heterocycles. The van der Waals surface area contributed by atoms with Gasteiger partial charge in [0.25, 0.3) is 5.56 Å². The van der Waals surface area contributed by atoms with Crippen LogP contribution in [0.1, 0.15) is 54.6 Å². The number of ketones is 1. The van der Waals surface area contributed by atoms with Crippen LogP contribution >= 0.6 is 0 Å². The molecular weight excluding hydrogens is 680 g/mol. The molecule has 53 heavy (non-hydrogen) atoms. The second kappa shape index (κ2) is 18.5. The van der Waals surface area contributed by atoms with Crippen molar-refractivity contribution in [2.24, 2.45) is 0 Å². The summed E-state index contributed by atoms with van der Waals surface area (Å²) in [6, 6.07) is 22.1. The Balaban J connectivity index is 1.35. The molecule has 3 aromatic heterocycles. The Morgan fingerprint density at radius 3 is 2.30 bits per heavy atom. The van der Waals surface area contributed by atoms with Crippen LogP contribution in [0.5, 0.6) is 11.6 Å². The molecule has 14 heteroatoms. The first-order chi connectivity index (χ1) is 25.7. The zero-order chi connectivity index (χ0) is 37.6. The lowest BCUT2D eigenvalue weighted by Gasteiger charge is -2.21. The SMILES string of the molecule is CCCCC(CNC(=O)Cn1c(-c2ccccc2)ncc(NC(=O)OCc2ccncc2)c1=O)Oc1nccc(OC(C)=O)c1C(=O)c1ccccc1. The van der Waals surface area contributed by atoms with Crippen LogP contribution in [-0.2, 0) is 27.5 Å². The highest BCUT2D eigenvalue weighted by molar-refractivity contribution is 6.12. The summed E-state index contributed by atoms with van der Waals surface area (Å²) in [4.78, 5) is 78.0. The Hall–Kier alpha value is -6.70. The van der Waals surface area contributed by atoms with Gasteiger partial charge in [-0.3, -0.25) is 34.0 Å². The Labute approximate surface area is 305 Å². The Kier molecular flexibility index (Phi) is 13.1. The molecule has 5 aromatic rings. The highest BCUT2D eigenvalue weighted by Gasteiger charge is 2.26. The quantitative estimate of drug-likeness (QED) is 0.0991. The molecule has 1 atom stereocenters. The number of carbonyl (C=O) groups is 4. The number of carbonyl (C=O) groups excluding carboxylic acids is 4. The Morgan fingerprint density at radius 2 is 1.60 bits per heavy atom. The molecule has 2 aromatic carbocycles. The molecule has 0 bridgehead atoms. The maximum absolute atomic E-state index is 13.7. The maximum Gasteiger partial charge on any atom is 0.412 e. The van der Waals surface area contributed by atoms with Crippen molar-refractivity contribution in [2.45, 2.75) is 52.4 Å². The van der Waals surface area contributed by atoms with Crippen LogP contribution in [0.15, 0.2) is 108 Å². The van der Waals surface area contributed by atoms with Gasteiger partial charge in [-0.15, -0.1) is 0 Å². The van der Waals surface area contributed by atoms with E-state index in [0.717, 1.165) is 17.4 Å². The first-order valence-corrected chi connectivity index (χ1v) is 16.9. The summed E-state index contributed by atoms with van der Waals surface area (Å²) in [5.41, 5.74) is 0.720. The normalized spacial score (nSPS) is 11.2. The first kappa shape index (κ1) is 37.6. The molecule has 272 valence electrons. The van der Waals surface area contributed by atoms with E-state index in [4.69, 9.17) is 14.2 Å². The minimum absolute atomic E-state index is 0.00955. The van der Waals surface area contributed by atoms with Gasteiger partial charge in [-0.05, 0) is 30.5 Å². The second-order valence-corrected chi connectivity index (χ2v) is 11.8. The molecule has 0 spiro atoms. The van der Waals surface area contributed by atoms with E-state index in [-0.39, 0.29) is 41.9 Å². The average Bonchev–Trinajstić information content (AvgIpc) is 3.17. The van der Waals surface area contributed by atoms with Crippen molar-refractivity contribution >= 4 is 29.4 Å². The summed E-state index contributed by atoms with van der Waals surface area (Å²) in [7, 11) is 0. The Bertz CT molecular complexity index is 2090.